The Hall–Kier alpha value is -3.49. The lowest BCUT2D eigenvalue weighted by molar-refractivity contribution is -0.152. The van der Waals surface area contributed by atoms with Gasteiger partial charge >= 0.3 is 12.1 Å². The Kier molecular flexibility index (Phi) is 7.00. The van der Waals surface area contributed by atoms with Crippen LogP contribution in [0.3, 0.4) is 0 Å². The molecule has 0 bridgehead atoms. The van der Waals surface area contributed by atoms with E-state index in [-0.39, 0.29) is 40.6 Å². The van der Waals surface area contributed by atoms with Gasteiger partial charge in [0.1, 0.15) is 17.1 Å². The van der Waals surface area contributed by atoms with Crippen LogP contribution in [0.2, 0.25) is 0 Å². The van der Waals surface area contributed by atoms with Crippen LogP contribution in [-0.2, 0) is 15.7 Å². The highest BCUT2D eigenvalue weighted by Crippen LogP contribution is 2.40. The van der Waals surface area contributed by atoms with Gasteiger partial charge in [-0.25, -0.2) is 4.79 Å². The molecule has 0 spiro atoms. The topological polar surface area (TPSA) is 75.0 Å². The van der Waals surface area contributed by atoms with Crippen molar-refractivity contribution in [2.75, 3.05) is 13.7 Å². The number of esters is 1. The molecule has 1 aromatic heterocycles. The SMILES string of the molecule is COc1ccccc1-c1c(C(F)(F)F)oc2cc(OC(C)C(=O)OCC(C)C)ccc2c1=O. The number of para-hydroxylation sites is 1. The van der Waals surface area contributed by atoms with Crippen molar-refractivity contribution < 1.29 is 36.6 Å². The maximum atomic E-state index is 13.9. The lowest BCUT2D eigenvalue weighted by Gasteiger charge is -2.17. The summed E-state index contributed by atoms with van der Waals surface area (Å²) in [4.78, 5) is 25.2. The first-order valence-corrected chi connectivity index (χ1v) is 10.2. The van der Waals surface area contributed by atoms with E-state index in [1.807, 2.05) is 13.8 Å². The molecule has 0 fully saturated rings. The van der Waals surface area contributed by atoms with E-state index in [0.29, 0.717) is 0 Å². The molecule has 0 saturated heterocycles. The molecule has 3 aromatic rings. The van der Waals surface area contributed by atoms with E-state index in [1.165, 1.54) is 44.4 Å². The van der Waals surface area contributed by atoms with Crippen molar-refractivity contribution in [2.45, 2.75) is 33.1 Å². The van der Waals surface area contributed by atoms with Crippen LogP contribution in [0.4, 0.5) is 13.2 Å². The molecule has 6 nitrogen and oxygen atoms in total. The highest BCUT2D eigenvalue weighted by molar-refractivity contribution is 5.85. The average Bonchev–Trinajstić information content (AvgIpc) is 2.76. The van der Waals surface area contributed by atoms with Crippen LogP contribution in [0.25, 0.3) is 22.1 Å². The summed E-state index contributed by atoms with van der Waals surface area (Å²) in [5.41, 5.74) is -1.88. The van der Waals surface area contributed by atoms with E-state index in [1.54, 1.807) is 6.07 Å². The Balaban J connectivity index is 2.08. The maximum Gasteiger partial charge on any atom is 0.450 e. The van der Waals surface area contributed by atoms with Gasteiger partial charge in [-0.15, -0.1) is 0 Å². The number of methoxy groups -OCH3 is 1. The molecular formula is C24H23F3O6. The minimum Gasteiger partial charge on any atom is -0.496 e. The van der Waals surface area contributed by atoms with Gasteiger partial charge in [-0.2, -0.15) is 13.2 Å². The van der Waals surface area contributed by atoms with Gasteiger partial charge in [0.2, 0.25) is 11.2 Å². The minimum absolute atomic E-state index is 0.0372. The normalized spacial score (nSPS) is 12.6. The Morgan fingerprint density at radius 2 is 1.79 bits per heavy atom. The van der Waals surface area contributed by atoms with Crippen molar-refractivity contribution in [1.29, 1.82) is 0 Å². The fourth-order valence-electron chi connectivity index (χ4n) is 3.16. The number of carbonyl (C=O) groups excluding carboxylic acids is 1. The monoisotopic (exact) mass is 464 g/mol. The van der Waals surface area contributed by atoms with Gasteiger partial charge in [0, 0.05) is 11.6 Å². The van der Waals surface area contributed by atoms with Crippen LogP contribution >= 0.6 is 0 Å². The third-order valence-corrected chi connectivity index (χ3v) is 4.70. The Morgan fingerprint density at radius 3 is 2.42 bits per heavy atom. The second kappa shape index (κ2) is 9.56. The first-order chi connectivity index (χ1) is 15.5. The van der Waals surface area contributed by atoms with Crippen molar-refractivity contribution in [1.82, 2.24) is 0 Å². The number of halogens is 3. The second-order valence-corrected chi connectivity index (χ2v) is 7.78. The lowest BCUT2D eigenvalue weighted by atomic mass is 10.0. The number of hydrogen-bond acceptors (Lipinski definition) is 6. The summed E-state index contributed by atoms with van der Waals surface area (Å²) in [5.74, 6) is -1.78. The molecule has 9 heteroatoms. The van der Waals surface area contributed by atoms with Crippen molar-refractivity contribution in [3.63, 3.8) is 0 Å². The fraction of sp³-hybridized carbons (Fsp3) is 0.333. The summed E-state index contributed by atoms with van der Waals surface area (Å²) >= 11 is 0. The molecule has 0 N–H and O–H groups in total. The van der Waals surface area contributed by atoms with Crippen LogP contribution in [0, 0.1) is 5.92 Å². The number of fused-ring (bicyclic) bond motifs is 1. The van der Waals surface area contributed by atoms with E-state index in [0.717, 1.165) is 6.07 Å². The predicted molar refractivity (Wildman–Crippen MR) is 115 cm³/mol. The lowest BCUT2D eigenvalue weighted by Crippen LogP contribution is -2.27. The molecule has 3 rings (SSSR count). The third-order valence-electron chi connectivity index (χ3n) is 4.70. The van der Waals surface area contributed by atoms with E-state index in [9.17, 15) is 22.8 Å². The van der Waals surface area contributed by atoms with Gasteiger partial charge < -0.3 is 18.6 Å². The molecule has 1 atom stereocenters. The molecule has 33 heavy (non-hydrogen) atoms. The van der Waals surface area contributed by atoms with Gasteiger partial charge in [-0.3, -0.25) is 4.79 Å². The standard InChI is InChI=1S/C24H23F3O6/c1-13(2)12-31-23(29)14(3)32-15-9-10-17-19(11-15)33-22(24(25,26)27)20(21(17)28)16-7-5-6-8-18(16)30-4/h5-11,13-14H,12H2,1-4H3. The molecular weight excluding hydrogens is 441 g/mol. The summed E-state index contributed by atoms with van der Waals surface area (Å²) in [7, 11) is 1.30. The van der Waals surface area contributed by atoms with Crippen molar-refractivity contribution >= 4 is 16.9 Å². The van der Waals surface area contributed by atoms with E-state index in [2.05, 4.69) is 0 Å². The van der Waals surface area contributed by atoms with E-state index >= 15 is 0 Å². The highest BCUT2D eigenvalue weighted by atomic mass is 19.4. The van der Waals surface area contributed by atoms with Gasteiger partial charge in [0.05, 0.1) is 24.7 Å². The molecule has 1 unspecified atom stereocenters. The van der Waals surface area contributed by atoms with Gasteiger partial charge in [0.15, 0.2) is 6.10 Å². The largest absolute Gasteiger partial charge is 0.496 e. The predicted octanol–water partition coefficient (Wildman–Crippen LogP) is 5.45. The van der Waals surface area contributed by atoms with Crippen LogP contribution in [0.5, 0.6) is 11.5 Å². The summed E-state index contributed by atoms with van der Waals surface area (Å²) < 4.78 is 62.5. The van der Waals surface area contributed by atoms with Gasteiger partial charge in [-0.05, 0) is 31.0 Å². The number of ether oxygens (including phenoxy) is 3. The fourth-order valence-corrected chi connectivity index (χ4v) is 3.16. The number of benzene rings is 2. The summed E-state index contributed by atoms with van der Waals surface area (Å²) in [6.07, 6.45) is -5.96. The highest BCUT2D eigenvalue weighted by Gasteiger charge is 2.40. The van der Waals surface area contributed by atoms with E-state index < -0.39 is 35.0 Å². The molecule has 0 aliphatic carbocycles. The van der Waals surface area contributed by atoms with Crippen molar-refractivity contribution in [3.8, 4) is 22.6 Å². The summed E-state index contributed by atoms with van der Waals surface area (Å²) in [6, 6.07) is 9.70. The van der Waals surface area contributed by atoms with Gasteiger partial charge in [0.25, 0.3) is 0 Å². The van der Waals surface area contributed by atoms with Crippen LogP contribution in [-0.4, -0.2) is 25.8 Å². The number of hydrogen-bond donors (Lipinski definition) is 0. The summed E-state index contributed by atoms with van der Waals surface area (Å²) in [6.45, 7) is 5.41. The van der Waals surface area contributed by atoms with Crippen LogP contribution < -0.4 is 14.9 Å². The third kappa shape index (κ3) is 5.30. The average molecular weight is 464 g/mol. The first-order valence-electron chi connectivity index (χ1n) is 10.2. The molecule has 0 saturated carbocycles. The van der Waals surface area contributed by atoms with Gasteiger partial charge in [-0.1, -0.05) is 32.0 Å². The molecule has 0 radical (unpaired) electrons. The Morgan fingerprint density at radius 1 is 1.09 bits per heavy atom. The molecule has 0 aliphatic rings. The number of carbonyl (C=O) groups is 1. The molecule has 1 heterocycles. The van der Waals surface area contributed by atoms with Crippen molar-refractivity contribution in [3.05, 3.63) is 58.4 Å². The Bertz CT molecular complexity index is 1210. The minimum atomic E-state index is -4.95. The maximum absolute atomic E-state index is 13.9. The summed E-state index contributed by atoms with van der Waals surface area (Å²) in [5, 5.41) is -0.0775. The molecule has 0 aliphatic heterocycles. The zero-order chi connectivity index (χ0) is 24.3. The smallest absolute Gasteiger partial charge is 0.450 e. The number of alkyl halides is 3. The first kappa shape index (κ1) is 24.2. The van der Waals surface area contributed by atoms with E-state index in [4.69, 9.17) is 18.6 Å². The Labute approximate surface area is 187 Å². The second-order valence-electron chi connectivity index (χ2n) is 7.78. The van der Waals surface area contributed by atoms with Crippen LogP contribution in [0.1, 0.15) is 26.5 Å². The van der Waals surface area contributed by atoms with Crippen molar-refractivity contribution in [2.24, 2.45) is 5.92 Å². The zero-order valence-corrected chi connectivity index (χ0v) is 18.5. The molecule has 176 valence electrons. The molecule has 0 amide bonds. The zero-order valence-electron chi connectivity index (χ0n) is 18.5. The molecule has 2 aromatic carbocycles. The number of rotatable bonds is 7. The van der Waals surface area contributed by atoms with Crippen LogP contribution in [0.15, 0.2) is 51.7 Å². The quantitative estimate of drug-likeness (QED) is 0.433.